The van der Waals surface area contributed by atoms with Crippen LogP contribution in [-0.4, -0.2) is 16.2 Å². The maximum atomic E-state index is 13.3. The molecule has 2 aromatic carbocycles. The quantitative estimate of drug-likeness (QED) is 0.225. The van der Waals surface area contributed by atoms with Gasteiger partial charge in [-0.15, -0.1) is 11.6 Å². The van der Waals surface area contributed by atoms with Crippen LogP contribution in [0, 0.1) is 20.2 Å². The Hall–Kier alpha value is -3.09. The Morgan fingerprint density at radius 3 is 1.81 bits per heavy atom. The van der Waals surface area contributed by atoms with E-state index in [0.717, 1.165) is 12.1 Å². The van der Waals surface area contributed by atoms with E-state index in [9.17, 15) is 46.6 Å². The lowest BCUT2D eigenvalue weighted by Gasteiger charge is -2.16. The van der Waals surface area contributed by atoms with Gasteiger partial charge in [0.25, 0.3) is 5.69 Å². The Kier molecular flexibility index (Phi) is 8.21. The number of rotatable bonds is 5. The van der Waals surface area contributed by atoms with Gasteiger partial charge in [0.05, 0.1) is 21.0 Å². The summed E-state index contributed by atoms with van der Waals surface area (Å²) in [5.41, 5.74) is -6.85. The van der Waals surface area contributed by atoms with E-state index in [0.29, 0.717) is 12.1 Å². The number of halogens is 7. The van der Waals surface area contributed by atoms with Gasteiger partial charge in [-0.05, 0) is 30.7 Å². The highest BCUT2D eigenvalue weighted by molar-refractivity contribution is 6.15. The number of nitro benzene ring substituents is 2. The number of anilines is 2. The van der Waals surface area contributed by atoms with Crippen molar-refractivity contribution < 1.29 is 36.2 Å². The molecule has 2 rings (SSSR count). The van der Waals surface area contributed by atoms with Gasteiger partial charge in [0, 0.05) is 23.7 Å². The molecule has 0 atom stereocenters. The minimum absolute atomic E-state index is 0.165. The molecule has 14 heteroatoms. The molecule has 0 aliphatic rings. The molecule has 0 radical (unpaired) electrons. The average molecular weight is 474 g/mol. The fraction of sp³-hybridized carbons (Fsp3) is 0.294. The number of benzene rings is 2. The van der Waals surface area contributed by atoms with Crippen LogP contribution in [0.5, 0.6) is 0 Å². The van der Waals surface area contributed by atoms with E-state index in [1.54, 1.807) is 0 Å². The van der Waals surface area contributed by atoms with Crippen LogP contribution in [0.3, 0.4) is 0 Å². The number of alkyl halides is 7. The van der Waals surface area contributed by atoms with Crippen molar-refractivity contribution in [3.8, 4) is 0 Å². The number of hydrogen-bond acceptors (Lipinski definition) is 5. The van der Waals surface area contributed by atoms with Crippen molar-refractivity contribution in [2.24, 2.45) is 0 Å². The van der Waals surface area contributed by atoms with Crippen molar-refractivity contribution in [1.29, 1.82) is 0 Å². The molecule has 0 aromatic heterocycles. The predicted molar refractivity (Wildman–Crippen MR) is 101 cm³/mol. The lowest BCUT2D eigenvalue weighted by molar-refractivity contribution is -0.393. The summed E-state index contributed by atoms with van der Waals surface area (Å²) in [6, 6.07) is 3.09. The number of hydrogen-bond donors (Lipinski definition) is 1. The minimum Gasteiger partial charge on any atom is -0.344 e. The SMILES string of the molecule is CCc1c(C(F)(F)F)cc([N+](=O)[O-])c(Nc2ccc(C(F)(F)F)cc2)c1[N+](=O)[O-].CCl. The molecular formula is C17H14ClF6N3O4. The molecule has 0 saturated carbocycles. The third-order valence-corrected chi connectivity index (χ3v) is 3.90. The molecule has 0 aliphatic heterocycles. The van der Waals surface area contributed by atoms with Gasteiger partial charge in [-0.2, -0.15) is 26.3 Å². The molecule has 0 bridgehead atoms. The third-order valence-electron chi connectivity index (χ3n) is 3.90. The summed E-state index contributed by atoms with van der Waals surface area (Å²) in [5, 5.41) is 25.0. The van der Waals surface area contributed by atoms with E-state index in [4.69, 9.17) is 0 Å². The second-order valence-electron chi connectivity index (χ2n) is 5.71. The van der Waals surface area contributed by atoms with Gasteiger partial charge in [-0.25, -0.2) is 0 Å². The van der Waals surface area contributed by atoms with Gasteiger partial charge < -0.3 is 5.32 Å². The number of nitrogens with zero attached hydrogens (tertiary/aromatic N) is 2. The summed E-state index contributed by atoms with van der Waals surface area (Å²) in [5.74, 6) is 0. The molecule has 2 aromatic rings. The molecule has 0 saturated heterocycles. The lowest BCUT2D eigenvalue weighted by atomic mass is 9.99. The van der Waals surface area contributed by atoms with Gasteiger partial charge in [0.15, 0.2) is 5.69 Å². The highest BCUT2D eigenvalue weighted by Crippen LogP contribution is 2.46. The van der Waals surface area contributed by atoms with Crippen LogP contribution in [0.25, 0.3) is 0 Å². The van der Waals surface area contributed by atoms with E-state index in [2.05, 4.69) is 16.9 Å². The minimum atomic E-state index is -5.09. The summed E-state index contributed by atoms with van der Waals surface area (Å²) in [4.78, 5) is 20.3. The summed E-state index contributed by atoms with van der Waals surface area (Å²) in [6.45, 7) is 1.20. The summed E-state index contributed by atoms with van der Waals surface area (Å²) in [6.07, 6.45) is -8.75. The Balaban J connectivity index is 0.00000233. The average Bonchev–Trinajstić information content (AvgIpc) is 2.67. The van der Waals surface area contributed by atoms with Gasteiger partial charge in [0.2, 0.25) is 0 Å². The first-order chi connectivity index (χ1) is 14.3. The van der Waals surface area contributed by atoms with E-state index in [-0.39, 0.29) is 11.8 Å². The Bertz CT molecular complexity index is 962. The second-order valence-corrected chi connectivity index (χ2v) is 5.71. The normalized spacial score (nSPS) is 11.4. The number of nitro groups is 2. The zero-order valence-electron chi connectivity index (χ0n) is 15.8. The smallest absolute Gasteiger partial charge is 0.344 e. The van der Waals surface area contributed by atoms with Crippen molar-refractivity contribution >= 4 is 34.4 Å². The van der Waals surface area contributed by atoms with Gasteiger partial charge in [0.1, 0.15) is 0 Å². The zero-order chi connectivity index (χ0) is 24.1. The molecule has 1 N–H and O–H groups in total. The molecule has 0 spiro atoms. The molecule has 0 aliphatic carbocycles. The van der Waals surface area contributed by atoms with Crippen LogP contribution < -0.4 is 5.32 Å². The number of nitrogens with one attached hydrogen (secondary N) is 1. The standard InChI is InChI=1S/C16H11F6N3O4.CH3Cl/c1-2-10-11(16(20,21)22)7-12(24(26)27)13(14(10)25(28)29)23-9-5-3-8(4-6-9)15(17,18)19;1-2/h3-7,23H,2H2,1H3;1H3. The predicted octanol–water partition coefficient (Wildman–Crippen LogP) is 6.70. The maximum Gasteiger partial charge on any atom is 0.417 e. The fourth-order valence-electron chi connectivity index (χ4n) is 2.66. The zero-order valence-corrected chi connectivity index (χ0v) is 16.5. The molecular weight excluding hydrogens is 460 g/mol. The van der Waals surface area contributed by atoms with E-state index in [1.165, 1.54) is 13.3 Å². The summed E-state index contributed by atoms with van der Waals surface area (Å²) >= 11 is 4.64. The van der Waals surface area contributed by atoms with Crippen LogP contribution in [-0.2, 0) is 18.8 Å². The largest absolute Gasteiger partial charge is 0.417 e. The van der Waals surface area contributed by atoms with Crippen molar-refractivity contribution in [2.75, 3.05) is 11.7 Å². The van der Waals surface area contributed by atoms with Crippen molar-refractivity contribution in [2.45, 2.75) is 25.7 Å². The Labute approximate surface area is 175 Å². The maximum absolute atomic E-state index is 13.3. The van der Waals surface area contributed by atoms with Crippen molar-refractivity contribution in [3.63, 3.8) is 0 Å². The summed E-state index contributed by atoms with van der Waals surface area (Å²) in [7, 11) is 0. The molecule has 31 heavy (non-hydrogen) atoms. The van der Waals surface area contributed by atoms with Crippen LogP contribution in [0.1, 0.15) is 23.6 Å². The fourth-order valence-corrected chi connectivity index (χ4v) is 2.66. The first kappa shape index (κ1) is 25.9. The van der Waals surface area contributed by atoms with E-state index >= 15 is 0 Å². The summed E-state index contributed by atoms with van der Waals surface area (Å²) < 4.78 is 77.7. The molecule has 7 nitrogen and oxygen atoms in total. The third kappa shape index (κ3) is 5.96. The highest BCUT2D eigenvalue weighted by atomic mass is 35.5. The Morgan fingerprint density at radius 2 is 1.45 bits per heavy atom. The van der Waals surface area contributed by atoms with Crippen LogP contribution in [0.2, 0.25) is 0 Å². The van der Waals surface area contributed by atoms with Crippen molar-refractivity contribution in [3.05, 3.63) is 67.3 Å². The molecule has 170 valence electrons. The topological polar surface area (TPSA) is 98.3 Å². The molecule has 0 fully saturated rings. The van der Waals surface area contributed by atoms with Crippen molar-refractivity contribution in [1.82, 2.24) is 0 Å². The van der Waals surface area contributed by atoms with Crippen LogP contribution in [0.15, 0.2) is 30.3 Å². The molecule has 0 unspecified atom stereocenters. The van der Waals surface area contributed by atoms with E-state index < -0.39 is 62.4 Å². The second kappa shape index (κ2) is 9.81. The monoisotopic (exact) mass is 473 g/mol. The van der Waals surface area contributed by atoms with Crippen LogP contribution in [0.4, 0.5) is 49.1 Å². The first-order valence-electron chi connectivity index (χ1n) is 8.15. The Morgan fingerprint density at radius 1 is 0.935 bits per heavy atom. The molecule has 0 amide bonds. The van der Waals surface area contributed by atoms with Gasteiger partial charge in [-0.3, -0.25) is 20.2 Å². The van der Waals surface area contributed by atoms with Gasteiger partial charge in [-0.1, -0.05) is 6.92 Å². The van der Waals surface area contributed by atoms with Crippen LogP contribution >= 0.6 is 11.6 Å². The first-order valence-corrected chi connectivity index (χ1v) is 8.90. The highest BCUT2D eigenvalue weighted by Gasteiger charge is 2.41. The lowest BCUT2D eigenvalue weighted by Crippen LogP contribution is -2.14. The molecule has 0 heterocycles. The van der Waals surface area contributed by atoms with E-state index in [1.807, 2.05) is 0 Å². The van der Waals surface area contributed by atoms with Gasteiger partial charge >= 0.3 is 18.0 Å².